The molecule has 0 spiro atoms. The highest BCUT2D eigenvalue weighted by Crippen LogP contribution is 2.24. The molecular formula is C18H29NO2. The number of nitrogens with one attached hydrogen (secondary N) is 1. The average Bonchev–Trinajstić information content (AvgIpc) is 2.98. The standard InChI is InChI=1S/C18H29NO2/c1-4-9-19-16(13-17-6-5-10-21-17)12-15-11-14(2)7-8-18(15)20-3/h7-8,11,16-17,19H,4-6,9-10,12-13H2,1-3H3. The molecule has 0 aromatic heterocycles. The van der Waals surface area contributed by atoms with Crippen molar-refractivity contribution < 1.29 is 9.47 Å². The van der Waals surface area contributed by atoms with Crippen LogP contribution in [0.4, 0.5) is 0 Å². The Labute approximate surface area is 129 Å². The summed E-state index contributed by atoms with van der Waals surface area (Å²) in [5.74, 6) is 0.997. The van der Waals surface area contributed by atoms with Crippen molar-refractivity contribution in [3.05, 3.63) is 29.3 Å². The van der Waals surface area contributed by atoms with Gasteiger partial charge in [0.1, 0.15) is 5.75 Å². The molecule has 3 heteroatoms. The van der Waals surface area contributed by atoms with Gasteiger partial charge in [-0.05, 0) is 57.2 Å². The molecule has 2 rings (SSSR count). The quantitative estimate of drug-likeness (QED) is 0.795. The molecule has 1 saturated heterocycles. The maximum Gasteiger partial charge on any atom is 0.122 e. The molecule has 1 heterocycles. The van der Waals surface area contributed by atoms with Crippen LogP contribution in [0.1, 0.15) is 43.7 Å². The molecule has 1 aromatic carbocycles. The highest BCUT2D eigenvalue weighted by molar-refractivity contribution is 5.37. The van der Waals surface area contributed by atoms with Gasteiger partial charge in [0.05, 0.1) is 13.2 Å². The van der Waals surface area contributed by atoms with Crippen molar-refractivity contribution in [3.63, 3.8) is 0 Å². The molecule has 0 bridgehead atoms. The lowest BCUT2D eigenvalue weighted by molar-refractivity contribution is 0.0945. The maximum atomic E-state index is 5.81. The van der Waals surface area contributed by atoms with Gasteiger partial charge in [0.25, 0.3) is 0 Å². The summed E-state index contributed by atoms with van der Waals surface area (Å²) in [7, 11) is 1.75. The molecule has 1 aliphatic heterocycles. The van der Waals surface area contributed by atoms with E-state index in [0.29, 0.717) is 12.1 Å². The number of rotatable bonds is 8. The third-order valence-corrected chi connectivity index (χ3v) is 4.16. The van der Waals surface area contributed by atoms with Crippen molar-refractivity contribution in [1.82, 2.24) is 5.32 Å². The number of hydrogen-bond acceptors (Lipinski definition) is 3. The van der Waals surface area contributed by atoms with Crippen LogP contribution >= 0.6 is 0 Å². The number of aryl methyl sites for hydroxylation is 1. The number of hydrogen-bond donors (Lipinski definition) is 1. The lowest BCUT2D eigenvalue weighted by Gasteiger charge is -2.23. The number of methoxy groups -OCH3 is 1. The zero-order valence-corrected chi connectivity index (χ0v) is 13.7. The lowest BCUT2D eigenvalue weighted by atomic mass is 9.97. The molecular weight excluding hydrogens is 262 g/mol. The van der Waals surface area contributed by atoms with E-state index in [1.807, 2.05) is 0 Å². The van der Waals surface area contributed by atoms with E-state index in [0.717, 1.165) is 38.2 Å². The molecule has 1 aliphatic rings. The summed E-state index contributed by atoms with van der Waals surface area (Å²) < 4.78 is 11.3. The van der Waals surface area contributed by atoms with Gasteiger partial charge in [-0.2, -0.15) is 0 Å². The van der Waals surface area contributed by atoms with Crippen LogP contribution in [0.5, 0.6) is 5.75 Å². The lowest BCUT2D eigenvalue weighted by Crippen LogP contribution is -2.35. The van der Waals surface area contributed by atoms with Gasteiger partial charge in [-0.1, -0.05) is 24.6 Å². The van der Waals surface area contributed by atoms with E-state index in [1.165, 1.54) is 24.0 Å². The topological polar surface area (TPSA) is 30.5 Å². The van der Waals surface area contributed by atoms with Crippen molar-refractivity contribution in [3.8, 4) is 5.75 Å². The second-order valence-electron chi connectivity index (χ2n) is 6.04. The molecule has 3 nitrogen and oxygen atoms in total. The van der Waals surface area contributed by atoms with Crippen molar-refractivity contribution in [2.45, 2.75) is 58.1 Å². The molecule has 2 unspecified atom stereocenters. The fourth-order valence-electron chi connectivity index (χ4n) is 3.07. The van der Waals surface area contributed by atoms with E-state index >= 15 is 0 Å². The van der Waals surface area contributed by atoms with Gasteiger partial charge >= 0.3 is 0 Å². The van der Waals surface area contributed by atoms with Gasteiger partial charge in [0, 0.05) is 12.6 Å². The zero-order chi connectivity index (χ0) is 15.1. The third-order valence-electron chi connectivity index (χ3n) is 4.16. The number of benzene rings is 1. The molecule has 2 atom stereocenters. The highest BCUT2D eigenvalue weighted by atomic mass is 16.5. The summed E-state index contributed by atoms with van der Waals surface area (Å²) in [5, 5.41) is 3.68. The van der Waals surface area contributed by atoms with Gasteiger partial charge in [-0.25, -0.2) is 0 Å². The Hall–Kier alpha value is -1.06. The molecule has 21 heavy (non-hydrogen) atoms. The van der Waals surface area contributed by atoms with Gasteiger partial charge < -0.3 is 14.8 Å². The minimum atomic E-state index is 0.426. The normalized spacial score (nSPS) is 19.7. The second-order valence-corrected chi connectivity index (χ2v) is 6.04. The highest BCUT2D eigenvalue weighted by Gasteiger charge is 2.21. The summed E-state index contributed by atoms with van der Waals surface area (Å²) in [4.78, 5) is 0. The largest absolute Gasteiger partial charge is 0.496 e. The first-order valence-electron chi connectivity index (χ1n) is 8.21. The van der Waals surface area contributed by atoms with E-state index in [4.69, 9.17) is 9.47 Å². The molecule has 0 saturated carbocycles. The van der Waals surface area contributed by atoms with Crippen LogP contribution in [0.15, 0.2) is 18.2 Å². The van der Waals surface area contributed by atoms with Gasteiger partial charge in [-0.3, -0.25) is 0 Å². The van der Waals surface area contributed by atoms with Crippen LogP contribution in [0, 0.1) is 6.92 Å². The Bertz CT molecular complexity index is 427. The molecule has 1 N–H and O–H groups in total. The van der Waals surface area contributed by atoms with Crippen molar-refractivity contribution >= 4 is 0 Å². The predicted octanol–water partition coefficient (Wildman–Crippen LogP) is 3.48. The Morgan fingerprint density at radius 2 is 2.29 bits per heavy atom. The Balaban J connectivity index is 2.03. The van der Waals surface area contributed by atoms with E-state index in [9.17, 15) is 0 Å². The number of ether oxygens (including phenoxy) is 2. The summed E-state index contributed by atoms with van der Waals surface area (Å²) in [6, 6.07) is 6.89. The minimum absolute atomic E-state index is 0.426. The van der Waals surface area contributed by atoms with Crippen LogP contribution in [0.3, 0.4) is 0 Å². The average molecular weight is 291 g/mol. The van der Waals surface area contributed by atoms with Crippen LogP contribution in [-0.2, 0) is 11.2 Å². The summed E-state index contributed by atoms with van der Waals surface area (Å²) in [5.41, 5.74) is 2.58. The molecule has 0 aliphatic carbocycles. The SMILES string of the molecule is CCCNC(Cc1cc(C)ccc1OC)CC1CCCO1. The van der Waals surface area contributed by atoms with Gasteiger partial charge in [0.2, 0.25) is 0 Å². The smallest absolute Gasteiger partial charge is 0.122 e. The van der Waals surface area contributed by atoms with Crippen LogP contribution in [0.2, 0.25) is 0 Å². The van der Waals surface area contributed by atoms with Crippen molar-refractivity contribution in [1.29, 1.82) is 0 Å². The summed E-state index contributed by atoms with van der Waals surface area (Å²) >= 11 is 0. The van der Waals surface area contributed by atoms with Gasteiger partial charge in [-0.15, -0.1) is 0 Å². The minimum Gasteiger partial charge on any atom is -0.496 e. The van der Waals surface area contributed by atoms with E-state index in [-0.39, 0.29) is 0 Å². The first-order chi connectivity index (χ1) is 10.2. The van der Waals surface area contributed by atoms with Gasteiger partial charge in [0.15, 0.2) is 0 Å². The molecule has 0 amide bonds. The summed E-state index contributed by atoms with van der Waals surface area (Å²) in [6.45, 7) is 6.34. The van der Waals surface area contributed by atoms with E-state index < -0.39 is 0 Å². The van der Waals surface area contributed by atoms with Crippen LogP contribution < -0.4 is 10.1 Å². The second kappa shape index (κ2) is 8.40. The summed E-state index contributed by atoms with van der Waals surface area (Å²) in [6.07, 6.45) is 6.10. The van der Waals surface area contributed by atoms with E-state index in [2.05, 4.69) is 37.4 Å². The fourth-order valence-corrected chi connectivity index (χ4v) is 3.07. The van der Waals surface area contributed by atoms with E-state index in [1.54, 1.807) is 7.11 Å². The Kier molecular flexibility index (Phi) is 6.52. The predicted molar refractivity (Wildman–Crippen MR) is 87.1 cm³/mol. The monoisotopic (exact) mass is 291 g/mol. The first-order valence-corrected chi connectivity index (χ1v) is 8.21. The molecule has 1 fully saturated rings. The van der Waals surface area contributed by atoms with Crippen molar-refractivity contribution in [2.75, 3.05) is 20.3 Å². The zero-order valence-electron chi connectivity index (χ0n) is 13.7. The van der Waals surface area contributed by atoms with Crippen LogP contribution in [-0.4, -0.2) is 32.4 Å². The third kappa shape index (κ3) is 5.01. The van der Waals surface area contributed by atoms with Crippen LogP contribution in [0.25, 0.3) is 0 Å². The Morgan fingerprint density at radius 3 is 2.95 bits per heavy atom. The fraction of sp³-hybridized carbons (Fsp3) is 0.667. The molecule has 1 aromatic rings. The molecule has 0 radical (unpaired) electrons. The maximum absolute atomic E-state index is 5.81. The molecule has 118 valence electrons. The van der Waals surface area contributed by atoms with Crippen molar-refractivity contribution in [2.24, 2.45) is 0 Å². The Morgan fingerprint density at radius 1 is 1.43 bits per heavy atom. The first kappa shape index (κ1) is 16.3.